The Hall–Kier alpha value is -0.560. The van der Waals surface area contributed by atoms with E-state index in [9.17, 15) is 9.59 Å². The van der Waals surface area contributed by atoms with Crippen molar-refractivity contribution in [2.45, 2.75) is 0 Å². The molecule has 0 rings (SSSR count). The Labute approximate surface area is 116 Å². The van der Waals surface area contributed by atoms with E-state index in [4.69, 9.17) is 9.47 Å². The molecule has 0 unspecified atom stereocenters. The quantitative estimate of drug-likeness (QED) is 0.428. The van der Waals surface area contributed by atoms with Gasteiger partial charge < -0.3 is 9.47 Å². The first kappa shape index (κ1) is 17.4. The lowest BCUT2D eigenvalue weighted by Crippen LogP contribution is -2.09. The molecule has 18 heavy (non-hydrogen) atoms. The predicted molar refractivity (Wildman–Crippen MR) is 77.0 cm³/mol. The van der Waals surface area contributed by atoms with Crippen molar-refractivity contribution in [2.75, 3.05) is 37.9 Å². The molecule has 0 aromatic rings. The first-order valence-electron chi connectivity index (χ1n) is 5.44. The second-order valence-electron chi connectivity index (χ2n) is 2.97. The normalized spacial score (nSPS) is 10.0. The minimum atomic E-state index is -0.0428. The summed E-state index contributed by atoms with van der Waals surface area (Å²) in [6, 6.07) is 0. The number of ether oxygens (including phenoxy) is 2. The van der Waals surface area contributed by atoms with Crippen LogP contribution in [0.5, 0.6) is 0 Å². The van der Waals surface area contributed by atoms with Crippen LogP contribution in [0.25, 0.3) is 0 Å². The molecule has 102 valence electrons. The van der Waals surface area contributed by atoms with Crippen LogP contribution in [0.2, 0.25) is 0 Å². The van der Waals surface area contributed by atoms with E-state index in [1.54, 1.807) is 0 Å². The van der Waals surface area contributed by atoms with Crippen LogP contribution >= 0.6 is 23.5 Å². The monoisotopic (exact) mass is 290 g/mol. The fourth-order valence-electron chi connectivity index (χ4n) is 0.842. The highest BCUT2D eigenvalue weighted by molar-refractivity contribution is 8.14. The fraction of sp³-hybridized carbons (Fsp3) is 0.500. The lowest BCUT2D eigenvalue weighted by molar-refractivity contribution is -0.107. The molecule has 0 aromatic carbocycles. The van der Waals surface area contributed by atoms with E-state index in [0.29, 0.717) is 37.9 Å². The highest BCUT2D eigenvalue weighted by atomic mass is 32.2. The Bertz CT molecular complexity index is 251. The Kier molecular flexibility index (Phi) is 12.5. The van der Waals surface area contributed by atoms with Gasteiger partial charge in [0.2, 0.25) is 10.2 Å². The van der Waals surface area contributed by atoms with E-state index in [-0.39, 0.29) is 10.2 Å². The molecule has 0 heterocycles. The molecule has 0 aliphatic carbocycles. The molecule has 0 aliphatic rings. The van der Waals surface area contributed by atoms with Crippen LogP contribution in [-0.2, 0) is 19.1 Å². The van der Waals surface area contributed by atoms with Gasteiger partial charge in [0.25, 0.3) is 0 Å². The average molecular weight is 290 g/mol. The molecule has 0 saturated heterocycles. The maximum atomic E-state index is 10.8. The first-order valence-corrected chi connectivity index (χ1v) is 7.41. The van der Waals surface area contributed by atoms with Crippen molar-refractivity contribution in [1.82, 2.24) is 0 Å². The van der Waals surface area contributed by atoms with E-state index in [2.05, 4.69) is 13.2 Å². The summed E-state index contributed by atoms with van der Waals surface area (Å²) in [4.78, 5) is 21.7. The highest BCUT2D eigenvalue weighted by Crippen LogP contribution is 2.02. The molecule has 0 atom stereocenters. The Morgan fingerprint density at radius 3 is 1.56 bits per heavy atom. The predicted octanol–water partition coefficient (Wildman–Crippen LogP) is 1.91. The third-order valence-corrected chi connectivity index (χ3v) is 3.29. The number of carbonyl (C=O) groups excluding carboxylic acids is 2. The summed E-state index contributed by atoms with van der Waals surface area (Å²) in [5.41, 5.74) is 0. The summed E-state index contributed by atoms with van der Waals surface area (Å²) in [6.45, 7) is 8.75. The molecule has 0 aliphatic heterocycles. The topological polar surface area (TPSA) is 52.6 Å². The summed E-state index contributed by atoms with van der Waals surface area (Å²) in [6.07, 6.45) is 2.58. The van der Waals surface area contributed by atoms with Gasteiger partial charge in [0.15, 0.2) is 0 Å². The van der Waals surface area contributed by atoms with Crippen molar-refractivity contribution >= 4 is 33.8 Å². The maximum Gasteiger partial charge on any atom is 0.211 e. The number of thioether (sulfide) groups is 2. The van der Waals surface area contributed by atoms with Crippen molar-refractivity contribution in [2.24, 2.45) is 0 Å². The van der Waals surface area contributed by atoms with Gasteiger partial charge >= 0.3 is 0 Å². The Morgan fingerprint density at radius 2 is 1.22 bits per heavy atom. The van der Waals surface area contributed by atoms with Crippen molar-refractivity contribution in [3.8, 4) is 0 Å². The summed E-state index contributed by atoms with van der Waals surface area (Å²) in [7, 11) is 0. The third-order valence-electron chi connectivity index (χ3n) is 1.65. The smallest absolute Gasteiger partial charge is 0.211 e. The van der Waals surface area contributed by atoms with Gasteiger partial charge in [-0.05, 0) is 12.2 Å². The van der Waals surface area contributed by atoms with Gasteiger partial charge in [0, 0.05) is 11.5 Å². The Morgan fingerprint density at radius 1 is 0.833 bits per heavy atom. The van der Waals surface area contributed by atoms with Gasteiger partial charge in [-0.25, -0.2) is 0 Å². The number of hydrogen-bond donors (Lipinski definition) is 0. The van der Waals surface area contributed by atoms with Gasteiger partial charge in [-0.2, -0.15) is 0 Å². The van der Waals surface area contributed by atoms with E-state index in [1.807, 2.05) is 0 Å². The number of carbonyl (C=O) groups is 2. The van der Waals surface area contributed by atoms with Crippen LogP contribution in [0, 0.1) is 0 Å². The summed E-state index contributed by atoms with van der Waals surface area (Å²) < 4.78 is 10.5. The van der Waals surface area contributed by atoms with Gasteiger partial charge in [-0.15, -0.1) is 0 Å². The molecule has 0 fully saturated rings. The SMILES string of the molecule is C=CC(=O)SCCOCCOCCSC(=O)C=C. The van der Waals surface area contributed by atoms with E-state index in [0.717, 1.165) is 0 Å². The van der Waals surface area contributed by atoms with E-state index < -0.39 is 0 Å². The van der Waals surface area contributed by atoms with Gasteiger partial charge in [-0.1, -0.05) is 36.7 Å². The zero-order valence-electron chi connectivity index (χ0n) is 10.3. The molecule has 0 saturated carbocycles. The molecule has 0 bridgehead atoms. The molecule has 0 N–H and O–H groups in total. The lowest BCUT2D eigenvalue weighted by atomic mass is 10.7. The van der Waals surface area contributed by atoms with Crippen molar-refractivity contribution in [3.05, 3.63) is 25.3 Å². The summed E-state index contributed by atoms with van der Waals surface area (Å²) in [5, 5.41) is -0.0856. The Balaban J connectivity index is 3.12. The molecule has 6 heteroatoms. The van der Waals surface area contributed by atoms with Crippen LogP contribution in [0.1, 0.15) is 0 Å². The minimum Gasteiger partial charge on any atom is -0.378 e. The van der Waals surface area contributed by atoms with E-state index >= 15 is 0 Å². The molecule has 0 spiro atoms. The third kappa shape index (κ3) is 11.9. The second-order valence-corrected chi connectivity index (χ2v) is 5.17. The molecule has 0 aromatic heterocycles. The lowest BCUT2D eigenvalue weighted by Gasteiger charge is -2.04. The van der Waals surface area contributed by atoms with Crippen LogP contribution in [0.4, 0.5) is 0 Å². The standard InChI is InChI=1S/C12H18O4S2/c1-3-11(13)17-9-7-15-5-6-16-8-10-18-12(14)4-2/h3-4H,1-2,5-10H2. The second kappa shape index (κ2) is 12.9. The van der Waals surface area contributed by atoms with Crippen molar-refractivity contribution in [3.63, 3.8) is 0 Å². The zero-order valence-corrected chi connectivity index (χ0v) is 11.9. The number of rotatable bonds is 11. The van der Waals surface area contributed by atoms with Gasteiger partial charge in [0.05, 0.1) is 26.4 Å². The van der Waals surface area contributed by atoms with Crippen LogP contribution < -0.4 is 0 Å². The molecular formula is C12H18O4S2. The largest absolute Gasteiger partial charge is 0.378 e. The molecular weight excluding hydrogens is 272 g/mol. The summed E-state index contributed by atoms with van der Waals surface area (Å²) in [5.74, 6) is 1.24. The molecule has 0 radical (unpaired) electrons. The molecule has 0 amide bonds. The van der Waals surface area contributed by atoms with Gasteiger partial charge in [0.1, 0.15) is 0 Å². The summed E-state index contributed by atoms with van der Waals surface area (Å²) >= 11 is 2.36. The first-order chi connectivity index (χ1) is 8.70. The van der Waals surface area contributed by atoms with Crippen molar-refractivity contribution in [1.29, 1.82) is 0 Å². The van der Waals surface area contributed by atoms with E-state index in [1.165, 1.54) is 35.7 Å². The van der Waals surface area contributed by atoms with Crippen molar-refractivity contribution < 1.29 is 19.1 Å². The molecule has 4 nitrogen and oxygen atoms in total. The van der Waals surface area contributed by atoms with Gasteiger partial charge in [-0.3, -0.25) is 9.59 Å². The number of hydrogen-bond acceptors (Lipinski definition) is 6. The fourth-order valence-corrected chi connectivity index (χ4v) is 1.88. The zero-order chi connectivity index (χ0) is 13.6. The van der Waals surface area contributed by atoms with Crippen LogP contribution in [0.3, 0.4) is 0 Å². The average Bonchev–Trinajstić information content (AvgIpc) is 2.40. The maximum absolute atomic E-state index is 10.8. The van der Waals surface area contributed by atoms with Crippen LogP contribution in [-0.4, -0.2) is 48.2 Å². The minimum absolute atomic E-state index is 0.0428. The highest BCUT2D eigenvalue weighted by Gasteiger charge is 1.97. The van der Waals surface area contributed by atoms with Crippen LogP contribution in [0.15, 0.2) is 25.3 Å².